The number of rotatable bonds is 6. The normalized spacial score (nSPS) is 11.4. The van der Waals surface area contributed by atoms with Crippen LogP contribution in [0.2, 0.25) is 0 Å². The van der Waals surface area contributed by atoms with E-state index in [9.17, 15) is 8.42 Å². The van der Waals surface area contributed by atoms with E-state index >= 15 is 0 Å². The molecule has 6 nitrogen and oxygen atoms in total. The molecule has 0 aliphatic heterocycles. The van der Waals surface area contributed by atoms with Gasteiger partial charge in [-0.3, -0.25) is 0 Å². The lowest BCUT2D eigenvalue weighted by atomic mass is 10.2. The van der Waals surface area contributed by atoms with Gasteiger partial charge in [-0.05, 0) is 36.4 Å². The molecule has 2 aromatic carbocycles. The van der Waals surface area contributed by atoms with Gasteiger partial charge < -0.3 is 9.47 Å². The van der Waals surface area contributed by atoms with Gasteiger partial charge in [0.15, 0.2) is 0 Å². The zero-order valence-electron chi connectivity index (χ0n) is 12.5. The molecule has 0 unspecified atom stereocenters. The molecule has 0 aromatic heterocycles. The Labute approximate surface area is 143 Å². The molecule has 0 radical (unpaired) electrons. The van der Waals surface area contributed by atoms with Gasteiger partial charge in [0.1, 0.15) is 11.5 Å². The smallest absolute Gasteiger partial charge is 0.276 e. The summed E-state index contributed by atoms with van der Waals surface area (Å²) >= 11 is 3.25. The minimum absolute atomic E-state index is 0.126. The first-order valence-corrected chi connectivity index (χ1v) is 8.76. The molecule has 0 spiro atoms. The van der Waals surface area contributed by atoms with Crippen LogP contribution < -0.4 is 14.3 Å². The third-order valence-corrected chi connectivity index (χ3v) is 4.65. The fourth-order valence-corrected chi connectivity index (χ4v) is 2.80. The van der Waals surface area contributed by atoms with Crippen LogP contribution in [0.4, 0.5) is 0 Å². The van der Waals surface area contributed by atoms with Gasteiger partial charge in [-0.25, -0.2) is 4.83 Å². The van der Waals surface area contributed by atoms with Crippen LogP contribution in [0, 0.1) is 0 Å². The first-order chi connectivity index (χ1) is 10.9. The predicted octanol–water partition coefficient (Wildman–Crippen LogP) is 2.78. The lowest BCUT2D eigenvalue weighted by Gasteiger charge is -2.06. The number of sulfonamides is 1. The molecule has 0 fully saturated rings. The lowest BCUT2D eigenvalue weighted by molar-refractivity contribution is 0.394. The van der Waals surface area contributed by atoms with Crippen molar-refractivity contribution in [3.05, 3.63) is 52.5 Å². The molecule has 0 atom stereocenters. The molecule has 0 bridgehead atoms. The second kappa shape index (κ2) is 7.47. The summed E-state index contributed by atoms with van der Waals surface area (Å²) < 4.78 is 35.3. The summed E-state index contributed by atoms with van der Waals surface area (Å²) in [6.45, 7) is 0. The summed E-state index contributed by atoms with van der Waals surface area (Å²) in [6.07, 6.45) is 1.38. The molecule has 1 N–H and O–H groups in total. The first-order valence-electron chi connectivity index (χ1n) is 6.48. The highest BCUT2D eigenvalue weighted by molar-refractivity contribution is 9.10. The van der Waals surface area contributed by atoms with Crippen molar-refractivity contribution in [1.29, 1.82) is 0 Å². The van der Waals surface area contributed by atoms with Crippen LogP contribution in [-0.4, -0.2) is 28.9 Å². The molecule has 23 heavy (non-hydrogen) atoms. The largest absolute Gasteiger partial charge is 0.497 e. The average Bonchev–Trinajstić information content (AvgIpc) is 2.54. The Morgan fingerprint density at radius 1 is 1.04 bits per heavy atom. The van der Waals surface area contributed by atoms with E-state index in [0.717, 1.165) is 4.47 Å². The molecule has 0 amide bonds. The van der Waals surface area contributed by atoms with Crippen LogP contribution in [-0.2, 0) is 10.0 Å². The number of halogens is 1. The lowest BCUT2D eigenvalue weighted by Crippen LogP contribution is -2.18. The van der Waals surface area contributed by atoms with E-state index in [1.54, 1.807) is 30.3 Å². The summed E-state index contributed by atoms with van der Waals surface area (Å²) in [4.78, 5) is 2.29. The van der Waals surface area contributed by atoms with Crippen molar-refractivity contribution in [2.24, 2.45) is 5.10 Å². The number of methoxy groups -OCH3 is 2. The Balaban J connectivity index is 2.16. The average molecular weight is 399 g/mol. The van der Waals surface area contributed by atoms with Crippen molar-refractivity contribution in [2.45, 2.75) is 4.90 Å². The molecule has 122 valence electrons. The molecule has 0 heterocycles. The zero-order valence-corrected chi connectivity index (χ0v) is 14.9. The number of nitrogens with one attached hydrogen (secondary N) is 1. The quantitative estimate of drug-likeness (QED) is 0.599. The van der Waals surface area contributed by atoms with Crippen LogP contribution in [0.3, 0.4) is 0 Å². The van der Waals surface area contributed by atoms with E-state index < -0.39 is 10.0 Å². The monoisotopic (exact) mass is 398 g/mol. The third-order valence-electron chi connectivity index (χ3n) is 2.88. The SMILES string of the molecule is COc1cc(/C=N/NS(=O)(=O)c2ccc(Br)cc2)cc(OC)c1. The Bertz CT molecular complexity index is 782. The Morgan fingerprint density at radius 3 is 2.13 bits per heavy atom. The van der Waals surface area contributed by atoms with Crippen LogP contribution in [0.5, 0.6) is 11.5 Å². The van der Waals surface area contributed by atoms with Gasteiger partial charge in [0, 0.05) is 16.1 Å². The summed E-state index contributed by atoms with van der Waals surface area (Å²) in [7, 11) is -0.642. The molecule has 0 aliphatic carbocycles. The molecule has 0 aliphatic rings. The third kappa shape index (κ3) is 4.70. The maximum absolute atomic E-state index is 12.1. The second-order valence-corrected chi connectivity index (χ2v) is 7.03. The Kier molecular flexibility index (Phi) is 5.62. The number of hydrazone groups is 1. The maximum atomic E-state index is 12.1. The fourth-order valence-electron chi connectivity index (χ4n) is 1.74. The molecule has 2 aromatic rings. The summed E-state index contributed by atoms with van der Waals surface area (Å²) in [5, 5.41) is 3.78. The summed E-state index contributed by atoms with van der Waals surface area (Å²) in [5.41, 5.74) is 0.639. The molecular formula is C15H15BrN2O4S. The van der Waals surface area contributed by atoms with Gasteiger partial charge in [0.2, 0.25) is 0 Å². The highest BCUT2D eigenvalue weighted by atomic mass is 79.9. The van der Waals surface area contributed by atoms with E-state index in [4.69, 9.17) is 9.47 Å². The van der Waals surface area contributed by atoms with Gasteiger partial charge in [-0.15, -0.1) is 0 Å². The van der Waals surface area contributed by atoms with Gasteiger partial charge in [-0.1, -0.05) is 15.9 Å². The molecular weight excluding hydrogens is 384 g/mol. The maximum Gasteiger partial charge on any atom is 0.276 e. The Hall–Kier alpha value is -2.06. The molecule has 2 rings (SSSR count). The molecule has 0 saturated heterocycles. The standard InChI is InChI=1S/C15H15BrN2O4S/c1-21-13-7-11(8-14(9-13)22-2)10-17-18-23(19,20)15-5-3-12(16)4-6-15/h3-10,18H,1-2H3/b17-10+. The highest BCUT2D eigenvalue weighted by Gasteiger charge is 2.12. The highest BCUT2D eigenvalue weighted by Crippen LogP contribution is 2.21. The molecule has 0 saturated carbocycles. The fraction of sp³-hybridized carbons (Fsp3) is 0.133. The summed E-state index contributed by atoms with van der Waals surface area (Å²) in [6, 6.07) is 11.4. The van der Waals surface area contributed by atoms with Crippen LogP contribution >= 0.6 is 15.9 Å². The summed E-state index contributed by atoms with van der Waals surface area (Å²) in [5.74, 6) is 1.17. The van der Waals surface area contributed by atoms with Crippen molar-refractivity contribution in [1.82, 2.24) is 4.83 Å². The first kappa shape index (κ1) is 17.3. The van der Waals surface area contributed by atoms with Crippen molar-refractivity contribution in [3.8, 4) is 11.5 Å². The van der Waals surface area contributed by atoms with Crippen LogP contribution in [0.1, 0.15) is 5.56 Å². The number of hydrogen-bond donors (Lipinski definition) is 1. The van der Waals surface area contributed by atoms with Crippen molar-refractivity contribution < 1.29 is 17.9 Å². The van der Waals surface area contributed by atoms with E-state index in [0.29, 0.717) is 17.1 Å². The minimum Gasteiger partial charge on any atom is -0.497 e. The van der Waals surface area contributed by atoms with Gasteiger partial charge in [-0.2, -0.15) is 13.5 Å². The van der Waals surface area contributed by atoms with E-state index in [2.05, 4.69) is 25.9 Å². The second-order valence-electron chi connectivity index (χ2n) is 4.45. The van der Waals surface area contributed by atoms with Crippen molar-refractivity contribution in [3.63, 3.8) is 0 Å². The van der Waals surface area contributed by atoms with Gasteiger partial charge >= 0.3 is 0 Å². The number of benzene rings is 2. The minimum atomic E-state index is -3.71. The van der Waals surface area contributed by atoms with Crippen molar-refractivity contribution >= 4 is 32.2 Å². The number of ether oxygens (including phenoxy) is 2. The van der Waals surface area contributed by atoms with E-state index in [1.165, 1.54) is 32.6 Å². The number of hydrogen-bond acceptors (Lipinski definition) is 5. The predicted molar refractivity (Wildman–Crippen MR) is 91.6 cm³/mol. The molecule has 8 heteroatoms. The Morgan fingerprint density at radius 2 is 1.61 bits per heavy atom. The van der Waals surface area contributed by atoms with Crippen molar-refractivity contribution in [2.75, 3.05) is 14.2 Å². The van der Waals surface area contributed by atoms with Crippen LogP contribution in [0.25, 0.3) is 0 Å². The topological polar surface area (TPSA) is 77.0 Å². The van der Waals surface area contributed by atoms with Gasteiger partial charge in [0.25, 0.3) is 10.0 Å². The van der Waals surface area contributed by atoms with Gasteiger partial charge in [0.05, 0.1) is 25.3 Å². The van der Waals surface area contributed by atoms with E-state index in [1.807, 2.05) is 0 Å². The zero-order chi connectivity index (χ0) is 16.9. The van der Waals surface area contributed by atoms with E-state index in [-0.39, 0.29) is 4.90 Å². The van der Waals surface area contributed by atoms with Crippen LogP contribution in [0.15, 0.2) is 56.9 Å². The number of nitrogens with zero attached hydrogens (tertiary/aromatic N) is 1.